The molecule has 0 spiro atoms. The van der Waals surface area contributed by atoms with E-state index in [2.05, 4.69) is 20.5 Å². The van der Waals surface area contributed by atoms with Crippen molar-refractivity contribution in [1.82, 2.24) is 15.2 Å². The Bertz CT molecular complexity index is 884. The molecule has 1 heterocycles. The number of nitrogens with zero attached hydrogens (tertiary/aromatic N) is 2. The van der Waals surface area contributed by atoms with Gasteiger partial charge in [-0.15, -0.1) is 5.10 Å². The third-order valence-corrected chi connectivity index (χ3v) is 4.48. The quantitative estimate of drug-likeness (QED) is 0.640. The minimum atomic E-state index is -0.179. The number of para-hydroxylation sites is 2. The van der Waals surface area contributed by atoms with Gasteiger partial charge in [-0.25, -0.2) is 4.98 Å². The lowest BCUT2D eigenvalue weighted by atomic mass is 10.2. The monoisotopic (exact) mass is 374 g/mol. The van der Waals surface area contributed by atoms with Crippen LogP contribution >= 0.6 is 23.4 Å². The van der Waals surface area contributed by atoms with Crippen LogP contribution in [-0.2, 0) is 4.79 Å². The van der Waals surface area contributed by atoms with Crippen LogP contribution in [0.2, 0.25) is 5.02 Å². The molecule has 0 aliphatic heterocycles. The molecule has 0 bridgehead atoms. The lowest BCUT2D eigenvalue weighted by molar-refractivity contribution is -0.113. The Hall–Kier alpha value is -2.51. The second-order valence-corrected chi connectivity index (χ2v) is 6.33. The van der Waals surface area contributed by atoms with Crippen LogP contribution < -0.4 is 10.1 Å². The first kappa shape index (κ1) is 17.3. The Morgan fingerprint density at radius 3 is 2.80 bits per heavy atom. The zero-order chi connectivity index (χ0) is 17.6. The van der Waals surface area contributed by atoms with Gasteiger partial charge in [0.15, 0.2) is 5.82 Å². The summed E-state index contributed by atoms with van der Waals surface area (Å²) in [5, 5.41) is 10.7. The number of nitrogens with one attached hydrogen (secondary N) is 2. The van der Waals surface area contributed by atoms with E-state index in [0.29, 0.717) is 27.4 Å². The van der Waals surface area contributed by atoms with Gasteiger partial charge in [-0.05, 0) is 24.3 Å². The normalized spacial score (nSPS) is 10.5. The number of thioether (sulfide) groups is 1. The third-order valence-electron chi connectivity index (χ3n) is 3.31. The third kappa shape index (κ3) is 4.32. The molecule has 2 aromatic carbocycles. The number of anilines is 1. The first-order valence-electron chi connectivity index (χ1n) is 7.40. The molecule has 0 unspecified atom stereocenters. The molecule has 3 rings (SSSR count). The van der Waals surface area contributed by atoms with Gasteiger partial charge in [-0.3, -0.25) is 9.89 Å². The van der Waals surface area contributed by atoms with Crippen molar-refractivity contribution >= 4 is 35.0 Å². The van der Waals surface area contributed by atoms with Crippen molar-refractivity contribution in [3.8, 4) is 17.1 Å². The van der Waals surface area contributed by atoms with Crippen molar-refractivity contribution in [3.63, 3.8) is 0 Å². The molecule has 1 amide bonds. The molecule has 8 heteroatoms. The molecule has 0 fully saturated rings. The van der Waals surface area contributed by atoms with Crippen LogP contribution in [0.25, 0.3) is 11.4 Å². The number of hydrogen-bond acceptors (Lipinski definition) is 5. The van der Waals surface area contributed by atoms with Gasteiger partial charge in [0, 0.05) is 0 Å². The average molecular weight is 375 g/mol. The van der Waals surface area contributed by atoms with Crippen LogP contribution in [0, 0.1) is 0 Å². The Balaban J connectivity index is 1.62. The van der Waals surface area contributed by atoms with Gasteiger partial charge >= 0.3 is 0 Å². The largest absolute Gasteiger partial charge is 0.496 e. The summed E-state index contributed by atoms with van der Waals surface area (Å²) < 4.78 is 5.31. The van der Waals surface area contributed by atoms with Crippen LogP contribution in [0.15, 0.2) is 53.7 Å². The molecule has 0 saturated heterocycles. The number of ether oxygens (including phenoxy) is 1. The number of hydrogen-bond donors (Lipinski definition) is 2. The second-order valence-electron chi connectivity index (χ2n) is 4.98. The van der Waals surface area contributed by atoms with E-state index in [-0.39, 0.29) is 11.7 Å². The first-order chi connectivity index (χ1) is 12.2. The smallest absolute Gasteiger partial charge is 0.234 e. The summed E-state index contributed by atoms with van der Waals surface area (Å²) in [6.45, 7) is 0. The van der Waals surface area contributed by atoms with E-state index in [1.807, 2.05) is 30.3 Å². The minimum absolute atomic E-state index is 0.175. The standard InChI is InChI=1S/C17H15ClN4O2S/c1-24-14-9-5-2-6-11(14)16-20-17(22-21-16)25-10-15(23)19-13-8-4-3-7-12(13)18/h2-9H,10H2,1H3,(H,19,23)(H,20,21,22). The van der Waals surface area contributed by atoms with E-state index >= 15 is 0 Å². The molecule has 0 radical (unpaired) electrons. The molecule has 0 saturated carbocycles. The molecule has 6 nitrogen and oxygen atoms in total. The van der Waals surface area contributed by atoms with Gasteiger partial charge in [0.05, 0.1) is 29.1 Å². The fourth-order valence-electron chi connectivity index (χ4n) is 2.15. The zero-order valence-electron chi connectivity index (χ0n) is 13.3. The predicted octanol–water partition coefficient (Wildman–Crippen LogP) is 3.86. The molecule has 3 aromatic rings. The summed E-state index contributed by atoms with van der Waals surface area (Å²) in [6, 6.07) is 14.6. The van der Waals surface area contributed by atoms with E-state index < -0.39 is 0 Å². The molecule has 25 heavy (non-hydrogen) atoms. The van der Waals surface area contributed by atoms with Crippen molar-refractivity contribution in [2.45, 2.75) is 5.16 Å². The number of methoxy groups -OCH3 is 1. The van der Waals surface area contributed by atoms with Gasteiger partial charge in [-0.2, -0.15) is 0 Å². The molecular formula is C17H15ClN4O2S. The topological polar surface area (TPSA) is 79.9 Å². The van der Waals surface area contributed by atoms with Crippen molar-refractivity contribution in [1.29, 1.82) is 0 Å². The van der Waals surface area contributed by atoms with Gasteiger partial charge in [0.25, 0.3) is 0 Å². The zero-order valence-corrected chi connectivity index (χ0v) is 14.9. The van der Waals surface area contributed by atoms with Crippen LogP contribution in [0.4, 0.5) is 5.69 Å². The van der Waals surface area contributed by atoms with Crippen LogP contribution in [0.5, 0.6) is 5.75 Å². The van der Waals surface area contributed by atoms with Gasteiger partial charge in [0.2, 0.25) is 11.1 Å². The highest BCUT2D eigenvalue weighted by Crippen LogP contribution is 2.28. The first-order valence-corrected chi connectivity index (χ1v) is 8.76. The van der Waals surface area contributed by atoms with Crippen LogP contribution in [-0.4, -0.2) is 34.0 Å². The summed E-state index contributed by atoms with van der Waals surface area (Å²) in [6.07, 6.45) is 0. The molecule has 128 valence electrons. The average Bonchev–Trinajstić information content (AvgIpc) is 3.11. The van der Waals surface area contributed by atoms with E-state index in [0.717, 1.165) is 5.56 Å². The lowest BCUT2D eigenvalue weighted by Crippen LogP contribution is -2.14. The second kappa shape index (κ2) is 8.04. The van der Waals surface area contributed by atoms with Crippen molar-refractivity contribution in [2.24, 2.45) is 0 Å². The Labute approximate surface area is 154 Å². The minimum Gasteiger partial charge on any atom is -0.496 e. The van der Waals surface area contributed by atoms with E-state index in [4.69, 9.17) is 16.3 Å². The predicted molar refractivity (Wildman–Crippen MR) is 99.2 cm³/mol. The van der Waals surface area contributed by atoms with Crippen molar-refractivity contribution in [3.05, 3.63) is 53.6 Å². The highest BCUT2D eigenvalue weighted by atomic mass is 35.5. The van der Waals surface area contributed by atoms with Gasteiger partial charge in [0.1, 0.15) is 5.75 Å². The number of carbonyl (C=O) groups excluding carboxylic acids is 1. The number of aromatic nitrogens is 3. The summed E-state index contributed by atoms with van der Waals surface area (Å²) in [5.74, 6) is 1.29. The number of rotatable bonds is 6. The van der Waals surface area contributed by atoms with Crippen molar-refractivity contribution < 1.29 is 9.53 Å². The molecular weight excluding hydrogens is 360 g/mol. The van der Waals surface area contributed by atoms with Gasteiger partial charge in [-0.1, -0.05) is 47.6 Å². The van der Waals surface area contributed by atoms with E-state index in [1.54, 1.807) is 25.3 Å². The maximum atomic E-state index is 12.0. The number of carbonyl (C=O) groups is 1. The fourth-order valence-corrected chi connectivity index (χ4v) is 2.93. The Morgan fingerprint density at radius 2 is 2.00 bits per heavy atom. The fraction of sp³-hybridized carbons (Fsp3) is 0.118. The summed E-state index contributed by atoms with van der Waals surface area (Å²) in [4.78, 5) is 16.4. The Morgan fingerprint density at radius 1 is 1.24 bits per heavy atom. The number of aromatic amines is 1. The summed E-state index contributed by atoms with van der Waals surface area (Å²) in [5.41, 5.74) is 1.39. The molecule has 2 N–H and O–H groups in total. The maximum absolute atomic E-state index is 12.0. The lowest BCUT2D eigenvalue weighted by Gasteiger charge is -2.05. The van der Waals surface area contributed by atoms with Crippen molar-refractivity contribution in [2.75, 3.05) is 18.2 Å². The molecule has 1 aromatic heterocycles. The maximum Gasteiger partial charge on any atom is 0.234 e. The highest BCUT2D eigenvalue weighted by molar-refractivity contribution is 7.99. The highest BCUT2D eigenvalue weighted by Gasteiger charge is 2.12. The molecule has 0 atom stereocenters. The molecule has 0 aliphatic rings. The van der Waals surface area contributed by atoms with E-state index in [1.165, 1.54) is 11.8 Å². The SMILES string of the molecule is COc1ccccc1-c1nc(SCC(=O)Nc2ccccc2Cl)n[nH]1. The molecule has 0 aliphatic carbocycles. The van der Waals surface area contributed by atoms with E-state index in [9.17, 15) is 4.79 Å². The number of halogens is 1. The summed E-state index contributed by atoms with van der Waals surface area (Å²) >= 11 is 7.26. The van der Waals surface area contributed by atoms with Crippen LogP contribution in [0.3, 0.4) is 0 Å². The van der Waals surface area contributed by atoms with Gasteiger partial charge < -0.3 is 10.1 Å². The Kier molecular flexibility index (Phi) is 5.57. The number of H-pyrrole nitrogens is 1. The number of amides is 1. The van der Waals surface area contributed by atoms with Crippen LogP contribution in [0.1, 0.15) is 0 Å². The number of benzene rings is 2. The summed E-state index contributed by atoms with van der Waals surface area (Å²) in [7, 11) is 1.60.